The number of aryl methyl sites for hydroxylation is 1. The maximum absolute atomic E-state index is 13.2. The van der Waals surface area contributed by atoms with Crippen molar-refractivity contribution in [2.75, 3.05) is 10.6 Å². The van der Waals surface area contributed by atoms with Crippen LogP contribution >= 0.6 is 11.6 Å². The minimum Gasteiger partial charge on any atom is -0.322 e. The highest BCUT2D eigenvalue weighted by atomic mass is 35.5. The van der Waals surface area contributed by atoms with Crippen molar-refractivity contribution in [3.8, 4) is 0 Å². The molecule has 0 heterocycles. The molecule has 3 rings (SSSR count). The first-order valence-corrected chi connectivity index (χ1v) is 8.54. The summed E-state index contributed by atoms with van der Waals surface area (Å²) < 4.78 is 13.2. The van der Waals surface area contributed by atoms with Gasteiger partial charge in [0.2, 0.25) is 0 Å². The number of halogens is 2. The van der Waals surface area contributed by atoms with E-state index < -0.39 is 11.7 Å². The van der Waals surface area contributed by atoms with Crippen LogP contribution in [0.4, 0.5) is 15.8 Å². The Hall–Kier alpha value is -3.18. The number of rotatable bonds is 4. The summed E-state index contributed by atoms with van der Waals surface area (Å²) >= 11 is 5.97. The van der Waals surface area contributed by atoms with E-state index in [2.05, 4.69) is 10.6 Å². The van der Waals surface area contributed by atoms with Gasteiger partial charge < -0.3 is 10.6 Å². The van der Waals surface area contributed by atoms with Crippen LogP contribution < -0.4 is 10.6 Å². The van der Waals surface area contributed by atoms with Gasteiger partial charge in [0, 0.05) is 27.5 Å². The summed E-state index contributed by atoms with van der Waals surface area (Å²) in [6, 6.07) is 17.1. The van der Waals surface area contributed by atoms with Crippen LogP contribution in [0.25, 0.3) is 0 Å². The Labute approximate surface area is 161 Å². The van der Waals surface area contributed by atoms with Gasteiger partial charge in [0.15, 0.2) is 0 Å². The molecule has 2 amide bonds. The zero-order valence-electron chi connectivity index (χ0n) is 14.4. The fraction of sp³-hybridized carbons (Fsp3) is 0.0476. The number of benzene rings is 3. The summed E-state index contributed by atoms with van der Waals surface area (Å²) in [5, 5.41) is 5.90. The van der Waals surface area contributed by atoms with Crippen molar-refractivity contribution < 1.29 is 14.0 Å². The van der Waals surface area contributed by atoms with E-state index in [0.717, 1.165) is 5.56 Å². The molecule has 0 spiro atoms. The third kappa shape index (κ3) is 4.71. The quantitative estimate of drug-likeness (QED) is 0.644. The van der Waals surface area contributed by atoms with E-state index in [-0.39, 0.29) is 11.5 Å². The summed E-state index contributed by atoms with van der Waals surface area (Å²) in [6.07, 6.45) is 0. The van der Waals surface area contributed by atoms with Crippen molar-refractivity contribution >= 4 is 34.8 Å². The Balaban J connectivity index is 1.77. The molecule has 6 heteroatoms. The van der Waals surface area contributed by atoms with E-state index in [4.69, 9.17) is 11.6 Å². The first kappa shape index (κ1) is 18.6. The lowest BCUT2D eigenvalue weighted by atomic mass is 10.1. The third-order valence-corrected chi connectivity index (χ3v) is 4.15. The third-order valence-electron chi connectivity index (χ3n) is 3.92. The van der Waals surface area contributed by atoms with Gasteiger partial charge in [0.05, 0.1) is 0 Å². The maximum atomic E-state index is 13.2. The zero-order chi connectivity index (χ0) is 19.4. The molecule has 0 fully saturated rings. The summed E-state index contributed by atoms with van der Waals surface area (Å²) in [7, 11) is 0. The molecule has 27 heavy (non-hydrogen) atoms. The van der Waals surface area contributed by atoms with Gasteiger partial charge in [-0.25, -0.2) is 4.39 Å². The molecule has 0 aliphatic heterocycles. The van der Waals surface area contributed by atoms with Gasteiger partial charge in [-0.2, -0.15) is 0 Å². The lowest BCUT2D eigenvalue weighted by Crippen LogP contribution is -2.16. The number of carbonyl (C=O) groups excluding carboxylic acids is 2. The molecular formula is C21H16ClFN2O2. The van der Waals surface area contributed by atoms with Gasteiger partial charge in [-0.15, -0.1) is 0 Å². The monoisotopic (exact) mass is 382 g/mol. The lowest BCUT2D eigenvalue weighted by Gasteiger charge is -2.10. The van der Waals surface area contributed by atoms with Crippen LogP contribution in [0.1, 0.15) is 26.3 Å². The Morgan fingerprint density at radius 2 is 1.52 bits per heavy atom. The average molecular weight is 383 g/mol. The van der Waals surface area contributed by atoms with Gasteiger partial charge >= 0.3 is 0 Å². The van der Waals surface area contributed by atoms with Crippen LogP contribution in [0.3, 0.4) is 0 Å². The smallest absolute Gasteiger partial charge is 0.255 e. The van der Waals surface area contributed by atoms with E-state index >= 15 is 0 Å². The Morgan fingerprint density at radius 3 is 2.22 bits per heavy atom. The number of nitrogens with one attached hydrogen (secondary N) is 2. The van der Waals surface area contributed by atoms with Crippen molar-refractivity contribution in [3.63, 3.8) is 0 Å². The van der Waals surface area contributed by atoms with Gasteiger partial charge in [-0.3, -0.25) is 9.59 Å². The number of hydrogen-bond donors (Lipinski definition) is 2. The summed E-state index contributed by atoms with van der Waals surface area (Å²) in [5.41, 5.74) is 2.41. The standard InChI is InChI=1S/C21H16ClFN2O2/c1-13-8-9-16(22)11-19(13)25-21(27)15-5-2-4-14(10-15)20(26)24-18-7-3-6-17(23)12-18/h2-12H,1H3,(H,24,26)(H,25,27). The van der Waals surface area contributed by atoms with Crippen LogP contribution in [-0.4, -0.2) is 11.8 Å². The predicted molar refractivity (Wildman–Crippen MR) is 105 cm³/mol. The van der Waals surface area contributed by atoms with Crippen LogP contribution in [-0.2, 0) is 0 Å². The molecule has 4 nitrogen and oxygen atoms in total. The molecule has 0 aromatic heterocycles. The van der Waals surface area contributed by atoms with Gasteiger partial charge in [-0.05, 0) is 61.0 Å². The number of anilines is 2. The molecule has 0 bridgehead atoms. The second-order valence-corrected chi connectivity index (χ2v) is 6.40. The normalized spacial score (nSPS) is 10.3. The van der Waals surface area contributed by atoms with Gasteiger partial charge in [0.25, 0.3) is 11.8 Å². The van der Waals surface area contributed by atoms with Gasteiger partial charge in [0.1, 0.15) is 5.82 Å². The van der Waals surface area contributed by atoms with E-state index in [9.17, 15) is 14.0 Å². The molecule has 136 valence electrons. The minimum absolute atomic E-state index is 0.287. The summed E-state index contributed by atoms with van der Waals surface area (Å²) in [5.74, 6) is -1.24. The Morgan fingerprint density at radius 1 is 0.852 bits per heavy atom. The highest BCUT2D eigenvalue weighted by Crippen LogP contribution is 2.21. The second kappa shape index (κ2) is 8.01. The van der Waals surface area contributed by atoms with E-state index in [1.165, 1.54) is 24.3 Å². The fourth-order valence-corrected chi connectivity index (χ4v) is 2.67. The molecule has 0 saturated heterocycles. The lowest BCUT2D eigenvalue weighted by molar-refractivity contribution is 0.102. The Bertz CT molecular complexity index is 1020. The summed E-state index contributed by atoms with van der Waals surface area (Å²) in [6.45, 7) is 1.86. The first-order chi connectivity index (χ1) is 12.9. The maximum Gasteiger partial charge on any atom is 0.255 e. The van der Waals surface area contributed by atoms with Crippen LogP contribution in [0.5, 0.6) is 0 Å². The van der Waals surface area contributed by atoms with Crippen LogP contribution in [0, 0.1) is 12.7 Å². The van der Waals surface area contributed by atoms with E-state index in [0.29, 0.717) is 22.0 Å². The van der Waals surface area contributed by atoms with Crippen LogP contribution in [0.2, 0.25) is 5.02 Å². The fourth-order valence-electron chi connectivity index (χ4n) is 2.49. The van der Waals surface area contributed by atoms with E-state index in [1.807, 2.05) is 6.92 Å². The van der Waals surface area contributed by atoms with Crippen molar-refractivity contribution in [1.29, 1.82) is 0 Å². The molecule has 0 aliphatic carbocycles. The highest BCUT2D eigenvalue weighted by Gasteiger charge is 2.12. The van der Waals surface area contributed by atoms with Crippen molar-refractivity contribution in [3.05, 3.63) is 94.3 Å². The Kier molecular flexibility index (Phi) is 5.52. The second-order valence-electron chi connectivity index (χ2n) is 5.96. The van der Waals surface area contributed by atoms with Gasteiger partial charge in [-0.1, -0.05) is 29.8 Å². The zero-order valence-corrected chi connectivity index (χ0v) is 15.2. The average Bonchev–Trinajstić information content (AvgIpc) is 2.65. The highest BCUT2D eigenvalue weighted by molar-refractivity contribution is 6.31. The molecule has 0 saturated carbocycles. The predicted octanol–water partition coefficient (Wildman–Crippen LogP) is 5.29. The topological polar surface area (TPSA) is 58.2 Å². The minimum atomic E-state index is -0.446. The van der Waals surface area contributed by atoms with E-state index in [1.54, 1.807) is 42.5 Å². The molecule has 0 atom stereocenters. The molecule has 3 aromatic carbocycles. The molecular weight excluding hydrogens is 367 g/mol. The van der Waals surface area contributed by atoms with Crippen LogP contribution in [0.15, 0.2) is 66.7 Å². The number of amides is 2. The van der Waals surface area contributed by atoms with Crippen molar-refractivity contribution in [1.82, 2.24) is 0 Å². The number of hydrogen-bond acceptors (Lipinski definition) is 2. The largest absolute Gasteiger partial charge is 0.322 e. The molecule has 2 N–H and O–H groups in total. The summed E-state index contributed by atoms with van der Waals surface area (Å²) in [4.78, 5) is 24.9. The molecule has 3 aromatic rings. The SMILES string of the molecule is Cc1ccc(Cl)cc1NC(=O)c1cccc(C(=O)Nc2cccc(F)c2)c1. The molecule has 0 aliphatic rings. The molecule has 0 unspecified atom stereocenters. The number of carbonyl (C=O) groups is 2. The van der Waals surface area contributed by atoms with Crippen molar-refractivity contribution in [2.24, 2.45) is 0 Å². The first-order valence-electron chi connectivity index (χ1n) is 8.17. The van der Waals surface area contributed by atoms with Crippen molar-refractivity contribution in [2.45, 2.75) is 6.92 Å². The molecule has 0 radical (unpaired) electrons.